The summed E-state index contributed by atoms with van der Waals surface area (Å²) in [6.07, 6.45) is 6.48. The van der Waals surface area contributed by atoms with Gasteiger partial charge in [-0.15, -0.1) is 0 Å². The van der Waals surface area contributed by atoms with Crippen LogP contribution >= 0.6 is 0 Å². The molecule has 0 saturated heterocycles. The van der Waals surface area contributed by atoms with E-state index in [1.165, 1.54) is 22.1 Å². The average Bonchev–Trinajstić information content (AvgIpc) is 3.44. The molecule has 6 aromatic rings. The Morgan fingerprint density at radius 2 is 1.17 bits per heavy atom. The van der Waals surface area contributed by atoms with E-state index < -0.39 is 0 Å². The topological polar surface area (TPSA) is 47.9 Å². The van der Waals surface area contributed by atoms with Crippen LogP contribution in [0.3, 0.4) is 0 Å². The molecule has 2 aliphatic rings. The molecule has 8 rings (SSSR count). The number of aromatic nitrogens is 3. The van der Waals surface area contributed by atoms with Crippen LogP contribution in [0.25, 0.3) is 50.5 Å². The van der Waals surface area contributed by atoms with Gasteiger partial charge in [0.2, 0.25) is 0 Å². The van der Waals surface area contributed by atoms with Gasteiger partial charge in [-0.2, -0.15) is 0 Å². The van der Waals surface area contributed by atoms with E-state index in [2.05, 4.69) is 72.8 Å². The predicted octanol–water partition coefficient (Wildman–Crippen LogP) is 8.52. The van der Waals surface area contributed by atoms with E-state index in [0.717, 1.165) is 27.8 Å². The fourth-order valence-electron chi connectivity index (χ4n) is 5.98. The first-order chi connectivity index (χ1) is 20.3. The van der Waals surface area contributed by atoms with Crippen molar-refractivity contribution in [2.75, 3.05) is 0 Å². The zero-order chi connectivity index (χ0) is 27.2. The number of nitrogens with zero attached hydrogens (tertiary/aromatic N) is 3. The van der Waals surface area contributed by atoms with Gasteiger partial charge in [0.25, 0.3) is 0 Å². The maximum Gasteiger partial charge on any atom is 0.164 e. The van der Waals surface area contributed by atoms with Crippen molar-refractivity contribution in [2.45, 2.75) is 12.0 Å². The molecule has 0 bridgehead atoms. The van der Waals surface area contributed by atoms with Crippen LogP contribution in [0.2, 0.25) is 0 Å². The molecule has 1 aromatic heterocycles. The Kier molecular flexibility index (Phi) is 5.56. The van der Waals surface area contributed by atoms with Crippen LogP contribution in [-0.2, 0) is 0 Å². The van der Waals surface area contributed by atoms with Gasteiger partial charge in [0.1, 0.15) is 11.9 Å². The van der Waals surface area contributed by atoms with Gasteiger partial charge in [-0.05, 0) is 46.2 Å². The van der Waals surface area contributed by atoms with Crippen LogP contribution in [-0.4, -0.2) is 21.1 Å². The minimum absolute atomic E-state index is 0.0265. The van der Waals surface area contributed by atoms with Gasteiger partial charge in [0, 0.05) is 22.3 Å². The lowest BCUT2D eigenvalue weighted by atomic mass is 9.79. The summed E-state index contributed by atoms with van der Waals surface area (Å²) in [5.41, 5.74) is 6.49. The number of rotatable bonds is 4. The normalized spacial score (nSPS) is 17.0. The molecule has 2 atom stereocenters. The maximum absolute atomic E-state index is 6.36. The zero-order valence-electron chi connectivity index (χ0n) is 22.2. The van der Waals surface area contributed by atoms with E-state index in [1.54, 1.807) is 0 Å². The average molecular weight is 528 g/mol. The van der Waals surface area contributed by atoms with Crippen molar-refractivity contribution in [3.63, 3.8) is 0 Å². The summed E-state index contributed by atoms with van der Waals surface area (Å²) in [5, 5.41) is 2.34. The van der Waals surface area contributed by atoms with Crippen LogP contribution in [0.1, 0.15) is 17.0 Å². The van der Waals surface area contributed by atoms with Crippen molar-refractivity contribution in [1.29, 1.82) is 0 Å². The molecule has 2 unspecified atom stereocenters. The summed E-state index contributed by atoms with van der Waals surface area (Å²) < 4.78 is 6.36. The molecule has 0 fully saturated rings. The molecule has 1 aliphatic heterocycles. The van der Waals surface area contributed by atoms with Crippen LogP contribution in [0.15, 0.2) is 140 Å². The van der Waals surface area contributed by atoms with Crippen LogP contribution < -0.4 is 4.74 Å². The molecule has 2 heterocycles. The van der Waals surface area contributed by atoms with E-state index >= 15 is 0 Å². The van der Waals surface area contributed by atoms with Gasteiger partial charge in [0.05, 0.1) is 5.92 Å². The number of para-hydroxylation sites is 1. The highest BCUT2D eigenvalue weighted by atomic mass is 16.5. The Hall–Kier alpha value is -5.35. The summed E-state index contributed by atoms with van der Waals surface area (Å²) in [7, 11) is 0. The van der Waals surface area contributed by atoms with Gasteiger partial charge in [-0.3, -0.25) is 0 Å². The summed E-state index contributed by atoms with van der Waals surface area (Å²) in [5.74, 6) is 3.03. The molecule has 0 amide bonds. The smallest absolute Gasteiger partial charge is 0.164 e. The lowest BCUT2D eigenvalue weighted by molar-refractivity contribution is 0.271. The highest BCUT2D eigenvalue weighted by molar-refractivity contribution is 5.99. The SMILES string of the molecule is C1=CC2Oc3ccccc3C2C(c2cc(-c3nc(-c4ccccc4)nc(-c4ccccc4)n3)cc3ccccc23)=C1. The summed E-state index contributed by atoms with van der Waals surface area (Å²) >= 11 is 0. The molecular weight excluding hydrogens is 502 g/mol. The minimum Gasteiger partial charge on any atom is -0.485 e. The standard InChI is InChI=1S/C37H25N3O/c1-3-12-24(13-4-1)35-38-36(25-14-5-2-6-15-25)40-37(39-35)27-22-26-16-7-8-17-28(26)31(23-27)29-19-11-21-33-34(29)30-18-9-10-20-32(30)41-33/h1-23,33-34H. The molecule has 4 nitrogen and oxygen atoms in total. The van der Waals surface area contributed by atoms with Crippen molar-refractivity contribution < 1.29 is 4.74 Å². The van der Waals surface area contributed by atoms with Crippen LogP contribution in [0, 0.1) is 0 Å². The molecule has 4 heteroatoms. The number of benzene rings is 5. The zero-order valence-corrected chi connectivity index (χ0v) is 22.2. The van der Waals surface area contributed by atoms with Gasteiger partial charge < -0.3 is 4.74 Å². The molecule has 0 radical (unpaired) electrons. The molecule has 1 aliphatic carbocycles. The van der Waals surface area contributed by atoms with E-state index in [4.69, 9.17) is 19.7 Å². The Balaban J connectivity index is 1.34. The number of hydrogen-bond donors (Lipinski definition) is 0. The van der Waals surface area contributed by atoms with Gasteiger partial charge in [-0.1, -0.05) is 115 Å². The van der Waals surface area contributed by atoms with E-state index in [1.807, 2.05) is 66.7 Å². The molecule has 5 aromatic carbocycles. The largest absolute Gasteiger partial charge is 0.485 e. The van der Waals surface area contributed by atoms with Crippen molar-refractivity contribution in [3.05, 3.63) is 151 Å². The second kappa shape index (κ2) is 9.68. The number of ether oxygens (including phenoxy) is 1. The highest BCUT2D eigenvalue weighted by Crippen LogP contribution is 2.49. The Morgan fingerprint density at radius 3 is 1.90 bits per heavy atom. The first kappa shape index (κ1) is 23.5. The third kappa shape index (κ3) is 4.12. The minimum atomic E-state index is -0.0265. The first-order valence-corrected chi connectivity index (χ1v) is 13.9. The number of fused-ring (bicyclic) bond motifs is 4. The molecule has 0 saturated carbocycles. The van der Waals surface area contributed by atoms with Crippen molar-refractivity contribution in [2.24, 2.45) is 0 Å². The van der Waals surface area contributed by atoms with Gasteiger partial charge in [-0.25, -0.2) is 15.0 Å². The molecule has 41 heavy (non-hydrogen) atoms. The van der Waals surface area contributed by atoms with E-state index in [9.17, 15) is 0 Å². The van der Waals surface area contributed by atoms with Gasteiger partial charge >= 0.3 is 0 Å². The third-order valence-corrected chi connectivity index (χ3v) is 7.89. The second-order valence-corrected chi connectivity index (χ2v) is 10.4. The third-order valence-electron chi connectivity index (χ3n) is 7.89. The Labute approximate surface area is 238 Å². The second-order valence-electron chi connectivity index (χ2n) is 10.4. The quantitative estimate of drug-likeness (QED) is 0.231. The predicted molar refractivity (Wildman–Crippen MR) is 164 cm³/mol. The van der Waals surface area contributed by atoms with Crippen molar-refractivity contribution in [3.8, 4) is 39.9 Å². The highest BCUT2D eigenvalue weighted by Gasteiger charge is 2.37. The van der Waals surface area contributed by atoms with Crippen LogP contribution in [0.5, 0.6) is 5.75 Å². The first-order valence-electron chi connectivity index (χ1n) is 13.9. The summed E-state index contributed by atoms with van der Waals surface area (Å²) in [6, 6.07) is 41.6. The lowest BCUT2D eigenvalue weighted by Crippen LogP contribution is -2.19. The maximum atomic E-state index is 6.36. The van der Waals surface area contributed by atoms with Gasteiger partial charge in [0.15, 0.2) is 17.5 Å². The lowest BCUT2D eigenvalue weighted by Gasteiger charge is -2.24. The Bertz CT molecular complexity index is 1920. The molecule has 0 spiro atoms. The fourth-order valence-corrected chi connectivity index (χ4v) is 5.98. The summed E-state index contributed by atoms with van der Waals surface area (Å²) in [4.78, 5) is 14.9. The van der Waals surface area contributed by atoms with E-state index in [0.29, 0.717) is 17.5 Å². The summed E-state index contributed by atoms with van der Waals surface area (Å²) in [6.45, 7) is 0. The molecule has 194 valence electrons. The fraction of sp³-hybridized carbons (Fsp3) is 0.0541. The van der Waals surface area contributed by atoms with Crippen molar-refractivity contribution in [1.82, 2.24) is 15.0 Å². The monoisotopic (exact) mass is 527 g/mol. The van der Waals surface area contributed by atoms with Crippen molar-refractivity contribution >= 4 is 16.3 Å². The Morgan fingerprint density at radius 1 is 0.561 bits per heavy atom. The molecule has 0 N–H and O–H groups in total. The van der Waals surface area contributed by atoms with E-state index in [-0.39, 0.29) is 12.0 Å². The number of allylic oxidation sites excluding steroid dienone is 2. The molecular formula is C37H25N3O. The number of hydrogen-bond acceptors (Lipinski definition) is 4. The van der Waals surface area contributed by atoms with Crippen LogP contribution in [0.4, 0.5) is 0 Å².